The highest BCUT2D eigenvalue weighted by Crippen LogP contribution is 2.14. The van der Waals surface area contributed by atoms with E-state index < -0.39 is 0 Å². The lowest BCUT2D eigenvalue weighted by Gasteiger charge is -2.06. The predicted octanol–water partition coefficient (Wildman–Crippen LogP) is 1.93. The highest BCUT2D eigenvalue weighted by molar-refractivity contribution is 6.03. The topological polar surface area (TPSA) is 80.9 Å². The lowest BCUT2D eigenvalue weighted by molar-refractivity contribution is 0.102. The van der Waals surface area contributed by atoms with Crippen LogP contribution in [0.15, 0.2) is 30.7 Å². The molecule has 0 unspecified atom stereocenters. The van der Waals surface area contributed by atoms with Crippen molar-refractivity contribution >= 4 is 17.4 Å². The molecule has 0 aliphatic rings. The van der Waals surface area contributed by atoms with E-state index in [1.165, 1.54) is 12.4 Å². The molecule has 18 heavy (non-hydrogen) atoms. The van der Waals surface area contributed by atoms with Gasteiger partial charge in [-0.1, -0.05) is 0 Å². The summed E-state index contributed by atoms with van der Waals surface area (Å²) in [6.45, 7) is 3.75. The second kappa shape index (κ2) is 4.83. The van der Waals surface area contributed by atoms with Gasteiger partial charge in [0.1, 0.15) is 5.82 Å². The van der Waals surface area contributed by atoms with Crippen LogP contribution in [-0.4, -0.2) is 15.9 Å². The number of nitrogens with one attached hydrogen (secondary N) is 1. The molecule has 5 heteroatoms. The van der Waals surface area contributed by atoms with E-state index in [9.17, 15) is 4.79 Å². The van der Waals surface area contributed by atoms with Crippen molar-refractivity contribution in [2.75, 3.05) is 11.1 Å². The van der Waals surface area contributed by atoms with Gasteiger partial charge < -0.3 is 11.1 Å². The van der Waals surface area contributed by atoms with E-state index in [2.05, 4.69) is 15.3 Å². The number of aryl methyl sites for hydroxylation is 2. The maximum absolute atomic E-state index is 11.9. The first-order chi connectivity index (χ1) is 8.56. The summed E-state index contributed by atoms with van der Waals surface area (Å²) < 4.78 is 0. The molecule has 0 fully saturated rings. The average Bonchev–Trinajstić information content (AvgIpc) is 2.34. The first kappa shape index (κ1) is 12.0. The number of nitrogens with two attached hydrogens (primary N) is 1. The van der Waals surface area contributed by atoms with E-state index in [0.717, 1.165) is 11.1 Å². The molecule has 0 radical (unpaired) electrons. The van der Waals surface area contributed by atoms with Crippen molar-refractivity contribution in [3.05, 3.63) is 47.4 Å². The van der Waals surface area contributed by atoms with Crippen LogP contribution in [0.4, 0.5) is 11.5 Å². The third-order valence-electron chi connectivity index (χ3n) is 2.53. The Kier molecular flexibility index (Phi) is 3.23. The second-order valence-corrected chi connectivity index (χ2v) is 4.13. The van der Waals surface area contributed by atoms with Gasteiger partial charge in [0.05, 0.1) is 17.4 Å². The average molecular weight is 242 g/mol. The van der Waals surface area contributed by atoms with Crippen LogP contribution in [0.1, 0.15) is 21.5 Å². The summed E-state index contributed by atoms with van der Waals surface area (Å²) in [6, 6.07) is 3.50. The van der Waals surface area contributed by atoms with E-state index in [-0.39, 0.29) is 5.91 Å². The summed E-state index contributed by atoms with van der Waals surface area (Å²) in [7, 11) is 0. The monoisotopic (exact) mass is 242 g/mol. The molecule has 0 aromatic carbocycles. The van der Waals surface area contributed by atoms with Gasteiger partial charge in [-0.2, -0.15) is 0 Å². The van der Waals surface area contributed by atoms with Gasteiger partial charge in [0, 0.05) is 12.4 Å². The molecule has 0 aliphatic carbocycles. The third kappa shape index (κ3) is 2.63. The molecule has 0 aliphatic heterocycles. The van der Waals surface area contributed by atoms with Crippen LogP contribution in [0.25, 0.3) is 0 Å². The van der Waals surface area contributed by atoms with Gasteiger partial charge in [-0.15, -0.1) is 0 Å². The van der Waals surface area contributed by atoms with Crippen molar-refractivity contribution in [2.45, 2.75) is 13.8 Å². The molecule has 0 bridgehead atoms. The standard InChI is InChI=1S/C13H14N4O/c1-8-3-10(6-15-5-8)13(18)17-12-4-9(2)11(14)7-16-12/h3-7H,14H2,1-2H3,(H,16,17,18). The summed E-state index contributed by atoms with van der Waals surface area (Å²) in [6.07, 6.45) is 4.74. The minimum Gasteiger partial charge on any atom is -0.397 e. The third-order valence-corrected chi connectivity index (χ3v) is 2.53. The summed E-state index contributed by atoms with van der Waals surface area (Å²) >= 11 is 0. The normalized spacial score (nSPS) is 10.1. The highest BCUT2D eigenvalue weighted by atomic mass is 16.1. The molecule has 2 rings (SSSR count). The fourth-order valence-electron chi connectivity index (χ4n) is 1.50. The van der Waals surface area contributed by atoms with E-state index in [1.807, 2.05) is 13.8 Å². The number of carbonyl (C=O) groups is 1. The molecule has 2 aromatic rings. The molecule has 2 aromatic heterocycles. The second-order valence-electron chi connectivity index (χ2n) is 4.13. The van der Waals surface area contributed by atoms with Crippen LogP contribution in [0, 0.1) is 13.8 Å². The molecular formula is C13H14N4O. The quantitative estimate of drug-likeness (QED) is 0.843. The number of pyridine rings is 2. The summed E-state index contributed by atoms with van der Waals surface area (Å²) in [5.41, 5.74) is 8.58. The SMILES string of the molecule is Cc1cncc(C(=O)Nc2cc(C)c(N)cn2)c1. The Morgan fingerprint density at radius 1 is 1.22 bits per heavy atom. The fraction of sp³-hybridized carbons (Fsp3) is 0.154. The van der Waals surface area contributed by atoms with Crippen LogP contribution in [0.2, 0.25) is 0 Å². The van der Waals surface area contributed by atoms with Gasteiger partial charge >= 0.3 is 0 Å². The first-order valence-corrected chi connectivity index (χ1v) is 5.51. The van der Waals surface area contributed by atoms with Crippen LogP contribution in [0.5, 0.6) is 0 Å². The Morgan fingerprint density at radius 2 is 2.00 bits per heavy atom. The molecule has 0 spiro atoms. The zero-order valence-electron chi connectivity index (χ0n) is 10.3. The van der Waals surface area contributed by atoms with Gasteiger partial charge in [0.25, 0.3) is 5.91 Å². The molecule has 92 valence electrons. The molecule has 0 atom stereocenters. The molecule has 1 amide bonds. The number of hydrogen-bond acceptors (Lipinski definition) is 4. The van der Waals surface area contributed by atoms with E-state index in [0.29, 0.717) is 17.1 Å². The largest absolute Gasteiger partial charge is 0.397 e. The number of anilines is 2. The molecule has 2 heterocycles. The van der Waals surface area contributed by atoms with Crippen LogP contribution in [0.3, 0.4) is 0 Å². The van der Waals surface area contributed by atoms with Crippen molar-refractivity contribution in [2.24, 2.45) is 0 Å². The van der Waals surface area contributed by atoms with Crippen LogP contribution in [-0.2, 0) is 0 Å². The van der Waals surface area contributed by atoms with Gasteiger partial charge in [0.2, 0.25) is 0 Å². The summed E-state index contributed by atoms with van der Waals surface area (Å²) in [5.74, 6) is 0.246. The molecule has 0 saturated carbocycles. The number of nitrogens with zero attached hydrogens (tertiary/aromatic N) is 2. The minimum absolute atomic E-state index is 0.233. The lowest BCUT2D eigenvalue weighted by Crippen LogP contribution is -2.13. The summed E-state index contributed by atoms with van der Waals surface area (Å²) in [4.78, 5) is 20.0. The number of aromatic nitrogens is 2. The molecular weight excluding hydrogens is 228 g/mol. The Bertz CT molecular complexity index is 595. The van der Waals surface area contributed by atoms with Gasteiger partial charge in [0.15, 0.2) is 0 Å². The maximum Gasteiger partial charge on any atom is 0.258 e. The number of nitrogen functional groups attached to an aromatic ring is 1. The number of hydrogen-bond donors (Lipinski definition) is 2. The number of amides is 1. The first-order valence-electron chi connectivity index (χ1n) is 5.51. The van der Waals surface area contributed by atoms with Gasteiger partial charge in [-0.25, -0.2) is 4.98 Å². The smallest absolute Gasteiger partial charge is 0.258 e. The Morgan fingerprint density at radius 3 is 2.67 bits per heavy atom. The van der Waals surface area contributed by atoms with Crippen molar-refractivity contribution in [3.8, 4) is 0 Å². The van der Waals surface area contributed by atoms with E-state index in [4.69, 9.17) is 5.73 Å². The maximum atomic E-state index is 11.9. The molecule has 5 nitrogen and oxygen atoms in total. The Labute approximate surface area is 105 Å². The van der Waals surface area contributed by atoms with Gasteiger partial charge in [-0.05, 0) is 37.1 Å². The lowest BCUT2D eigenvalue weighted by atomic mass is 10.2. The number of rotatable bonds is 2. The molecule has 3 N–H and O–H groups in total. The van der Waals surface area contributed by atoms with Crippen LogP contribution < -0.4 is 11.1 Å². The van der Waals surface area contributed by atoms with E-state index >= 15 is 0 Å². The van der Waals surface area contributed by atoms with Crippen molar-refractivity contribution in [1.82, 2.24) is 9.97 Å². The predicted molar refractivity (Wildman–Crippen MR) is 70.3 cm³/mol. The summed E-state index contributed by atoms with van der Waals surface area (Å²) in [5, 5.41) is 2.71. The van der Waals surface area contributed by atoms with Crippen LogP contribution >= 0.6 is 0 Å². The van der Waals surface area contributed by atoms with Gasteiger partial charge in [-0.3, -0.25) is 9.78 Å². The minimum atomic E-state index is -0.233. The fourth-order valence-corrected chi connectivity index (χ4v) is 1.50. The Hall–Kier alpha value is -2.43. The van der Waals surface area contributed by atoms with E-state index in [1.54, 1.807) is 18.3 Å². The Balaban J connectivity index is 2.18. The zero-order chi connectivity index (χ0) is 13.1. The van der Waals surface area contributed by atoms with Crippen molar-refractivity contribution < 1.29 is 4.79 Å². The highest BCUT2D eigenvalue weighted by Gasteiger charge is 2.08. The molecule has 0 saturated heterocycles. The van der Waals surface area contributed by atoms with Crippen molar-refractivity contribution in [1.29, 1.82) is 0 Å². The van der Waals surface area contributed by atoms with Crippen molar-refractivity contribution in [3.63, 3.8) is 0 Å². The number of carbonyl (C=O) groups excluding carboxylic acids is 1. The zero-order valence-corrected chi connectivity index (χ0v) is 10.3.